The Hall–Kier alpha value is -2.29. The van der Waals surface area contributed by atoms with E-state index in [1.54, 1.807) is 12.3 Å². The Morgan fingerprint density at radius 1 is 1.21 bits per heavy atom. The zero-order valence-electron chi connectivity index (χ0n) is 15.5. The van der Waals surface area contributed by atoms with Crippen molar-refractivity contribution in [2.24, 2.45) is 5.92 Å². The number of carbonyl (C=O) groups excluding carboxylic acids is 2. The van der Waals surface area contributed by atoms with Crippen LogP contribution in [0.3, 0.4) is 0 Å². The molecule has 0 saturated heterocycles. The summed E-state index contributed by atoms with van der Waals surface area (Å²) in [6.07, 6.45) is 2.41. The van der Waals surface area contributed by atoms with Crippen LogP contribution in [0.25, 0.3) is 0 Å². The van der Waals surface area contributed by atoms with Crippen LogP contribution in [0.4, 0.5) is 13.2 Å². The fourth-order valence-electron chi connectivity index (χ4n) is 3.62. The maximum atomic E-state index is 13.2. The molecule has 1 aliphatic carbocycles. The van der Waals surface area contributed by atoms with E-state index in [-0.39, 0.29) is 37.3 Å². The number of nitrogens with one attached hydrogen (secondary N) is 3. The second-order valence-electron chi connectivity index (χ2n) is 7.33. The Balaban J connectivity index is 1.73. The molecule has 0 aromatic carbocycles. The molecule has 0 spiro atoms. The number of ether oxygens (including phenoxy) is 1. The molecule has 0 aromatic rings. The Bertz CT molecular complexity index is 702. The molecule has 5 unspecified atom stereocenters. The third-order valence-corrected chi connectivity index (χ3v) is 5.25. The van der Waals surface area contributed by atoms with Gasteiger partial charge in [-0.15, -0.1) is 0 Å². The molecule has 3 aliphatic rings. The van der Waals surface area contributed by atoms with E-state index in [1.165, 1.54) is 6.20 Å². The average Bonchev–Trinajstić information content (AvgIpc) is 2.63. The summed E-state index contributed by atoms with van der Waals surface area (Å²) in [6, 6.07) is -0.549. The third-order valence-electron chi connectivity index (χ3n) is 5.25. The van der Waals surface area contributed by atoms with Gasteiger partial charge in [0.15, 0.2) is 0 Å². The minimum Gasteiger partial charge on any atom is -0.386 e. The quantitative estimate of drug-likeness (QED) is 0.633. The number of halogens is 3. The summed E-state index contributed by atoms with van der Waals surface area (Å²) in [5.41, 5.74) is -0.662. The second-order valence-corrected chi connectivity index (χ2v) is 7.33. The first-order valence-electron chi connectivity index (χ1n) is 9.33. The van der Waals surface area contributed by atoms with Crippen molar-refractivity contribution in [3.63, 3.8) is 0 Å². The summed E-state index contributed by atoms with van der Waals surface area (Å²) in [6.45, 7) is 1.89. The maximum absolute atomic E-state index is 13.2. The van der Waals surface area contributed by atoms with Gasteiger partial charge in [0, 0.05) is 24.2 Å². The fourth-order valence-corrected chi connectivity index (χ4v) is 3.62. The molecule has 0 bridgehead atoms. The molecule has 0 fully saturated rings. The Labute approximate surface area is 161 Å². The van der Waals surface area contributed by atoms with E-state index in [0.29, 0.717) is 6.42 Å². The van der Waals surface area contributed by atoms with Crippen LogP contribution < -0.4 is 16.0 Å². The molecular formula is C19H24F3N3O3. The average molecular weight is 399 g/mol. The van der Waals surface area contributed by atoms with Crippen molar-refractivity contribution in [3.8, 4) is 0 Å². The molecule has 154 valence electrons. The van der Waals surface area contributed by atoms with Gasteiger partial charge in [0.2, 0.25) is 11.8 Å². The van der Waals surface area contributed by atoms with E-state index in [1.807, 2.05) is 13.0 Å². The first kappa shape index (κ1) is 20.4. The van der Waals surface area contributed by atoms with Gasteiger partial charge in [0.05, 0.1) is 30.6 Å². The van der Waals surface area contributed by atoms with Crippen molar-refractivity contribution < 1.29 is 27.5 Å². The standard InChI is InChI=1S/C19H24F3N3O3/c1-11-15(3-2-7-23-11)28-16-9-12(19(20,21)22)4-5-14(16)18(27)25-13-6-8-24-17(26)10-13/h2,4,6-8,11,13-16,23H,3,5,9-10H2,1H3,(H,24,26)(H,25,27). The van der Waals surface area contributed by atoms with Crippen LogP contribution in [0.1, 0.15) is 32.6 Å². The van der Waals surface area contributed by atoms with Gasteiger partial charge in [-0.05, 0) is 32.0 Å². The minimum absolute atomic E-state index is 0.0572. The molecule has 0 saturated carbocycles. The van der Waals surface area contributed by atoms with E-state index in [4.69, 9.17) is 4.74 Å². The van der Waals surface area contributed by atoms with Crippen LogP contribution in [0.5, 0.6) is 0 Å². The smallest absolute Gasteiger partial charge is 0.386 e. The highest BCUT2D eigenvalue weighted by atomic mass is 19.4. The van der Waals surface area contributed by atoms with E-state index < -0.39 is 35.7 Å². The van der Waals surface area contributed by atoms with Crippen LogP contribution in [0.2, 0.25) is 0 Å². The lowest BCUT2D eigenvalue weighted by atomic mass is 9.85. The highest BCUT2D eigenvalue weighted by Crippen LogP contribution is 2.37. The zero-order chi connectivity index (χ0) is 20.3. The van der Waals surface area contributed by atoms with E-state index >= 15 is 0 Å². The highest BCUT2D eigenvalue weighted by Gasteiger charge is 2.43. The summed E-state index contributed by atoms with van der Waals surface area (Å²) in [4.78, 5) is 24.2. The van der Waals surface area contributed by atoms with Crippen molar-refractivity contribution in [1.29, 1.82) is 0 Å². The van der Waals surface area contributed by atoms with E-state index in [2.05, 4.69) is 16.0 Å². The maximum Gasteiger partial charge on any atom is 0.412 e. The SMILES string of the molecule is CC1NC=CCC1OC1CC(C(F)(F)F)=CCC1C(=O)NC1C=CNC(=O)C1. The molecule has 0 aromatic heterocycles. The molecule has 2 amide bonds. The molecule has 3 N–H and O–H groups in total. The fraction of sp³-hybridized carbons (Fsp3) is 0.579. The Kier molecular flexibility index (Phi) is 6.12. The number of allylic oxidation sites excluding steroid dienone is 1. The molecule has 2 aliphatic heterocycles. The number of rotatable bonds is 4. The predicted octanol–water partition coefficient (Wildman–Crippen LogP) is 2.05. The summed E-state index contributed by atoms with van der Waals surface area (Å²) in [7, 11) is 0. The molecule has 0 radical (unpaired) electrons. The normalized spacial score (nSPS) is 32.9. The summed E-state index contributed by atoms with van der Waals surface area (Å²) in [5, 5.41) is 8.34. The van der Waals surface area contributed by atoms with Gasteiger partial charge in [-0.25, -0.2) is 0 Å². The Morgan fingerprint density at radius 2 is 2.00 bits per heavy atom. The molecule has 5 atom stereocenters. The van der Waals surface area contributed by atoms with Crippen LogP contribution >= 0.6 is 0 Å². The summed E-state index contributed by atoms with van der Waals surface area (Å²) in [5.74, 6) is -1.38. The number of carbonyl (C=O) groups is 2. The van der Waals surface area contributed by atoms with Crippen molar-refractivity contribution in [2.75, 3.05) is 0 Å². The number of hydrogen-bond acceptors (Lipinski definition) is 4. The van der Waals surface area contributed by atoms with Crippen LogP contribution in [-0.4, -0.2) is 42.3 Å². The molecule has 28 heavy (non-hydrogen) atoms. The highest BCUT2D eigenvalue weighted by molar-refractivity contribution is 5.83. The lowest BCUT2D eigenvalue weighted by molar-refractivity contribution is -0.139. The lowest BCUT2D eigenvalue weighted by Crippen LogP contribution is -2.49. The largest absolute Gasteiger partial charge is 0.412 e. The first-order chi connectivity index (χ1) is 13.2. The number of alkyl halides is 3. The van der Waals surface area contributed by atoms with Gasteiger partial charge < -0.3 is 20.7 Å². The summed E-state index contributed by atoms with van der Waals surface area (Å²) < 4.78 is 45.6. The van der Waals surface area contributed by atoms with Gasteiger partial charge in [-0.1, -0.05) is 12.2 Å². The Morgan fingerprint density at radius 3 is 2.68 bits per heavy atom. The molecule has 9 heteroatoms. The van der Waals surface area contributed by atoms with Crippen molar-refractivity contribution in [1.82, 2.24) is 16.0 Å². The zero-order valence-corrected chi connectivity index (χ0v) is 15.5. The van der Waals surface area contributed by atoms with E-state index in [9.17, 15) is 22.8 Å². The predicted molar refractivity (Wildman–Crippen MR) is 95.7 cm³/mol. The van der Waals surface area contributed by atoms with Gasteiger partial charge >= 0.3 is 6.18 Å². The minimum atomic E-state index is -4.44. The first-order valence-corrected chi connectivity index (χ1v) is 9.33. The lowest BCUT2D eigenvalue weighted by Gasteiger charge is -2.37. The van der Waals surface area contributed by atoms with Gasteiger partial charge in [0.25, 0.3) is 0 Å². The topological polar surface area (TPSA) is 79.5 Å². The van der Waals surface area contributed by atoms with Crippen molar-refractivity contribution in [2.45, 2.75) is 63.1 Å². The monoisotopic (exact) mass is 399 g/mol. The van der Waals surface area contributed by atoms with Crippen molar-refractivity contribution >= 4 is 11.8 Å². The number of amides is 2. The van der Waals surface area contributed by atoms with Crippen LogP contribution in [0.15, 0.2) is 36.2 Å². The molecule has 2 heterocycles. The molecule has 6 nitrogen and oxygen atoms in total. The van der Waals surface area contributed by atoms with Gasteiger partial charge in [-0.2, -0.15) is 13.2 Å². The number of hydrogen-bond donors (Lipinski definition) is 3. The second kappa shape index (κ2) is 8.38. The van der Waals surface area contributed by atoms with E-state index in [0.717, 1.165) is 6.08 Å². The molecular weight excluding hydrogens is 375 g/mol. The van der Waals surface area contributed by atoms with Gasteiger partial charge in [-0.3, -0.25) is 9.59 Å². The van der Waals surface area contributed by atoms with Crippen molar-refractivity contribution in [3.05, 3.63) is 36.2 Å². The van der Waals surface area contributed by atoms with Crippen LogP contribution in [0, 0.1) is 5.92 Å². The van der Waals surface area contributed by atoms with Crippen LogP contribution in [-0.2, 0) is 14.3 Å². The summed E-state index contributed by atoms with van der Waals surface area (Å²) >= 11 is 0. The third kappa shape index (κ3) is 4.95. The van der Waals surface area contributed by atoms with Gasteiger partial charge in [0.1, 0.15) is 0 Å². The molecule has 3 rings (SSSR count).